The van der Waals surface area contributed by atoms with Crippen molar-refractivity contribution in [1.29, 1.82) is 0 Å². The average molecular weight is 369 g/mol. The van der Waals surface area contributed by atoms with Crippen molar-refractivity contribution in [3.63, 3.8) is 0 Å². The topological polar surface area (TPSA) is 63.4 Å². The molecule has 0 aromatic heterocycles. The van der Waals surface area contributed by atoms with Crippen LogP contribution in [0.25, 0.3) is 0 Å². The van der Waals surface area contributed by atoms with Crippen LogP contribution in [-0.4, -0.2) is 55.5 Å². The summed E-state index contributed by atoms with van der Waals surface area (Å²) in [6.45, 7) is 4.45. The number of amides is 1. The third-order valence-corrected chi connectivity index (χ3v) is 5.41. The van der Waals surface area contributed by atoms with E-state index in [1.54, 1.807) is 0 Å². The standard InChI is InChI=1S/C21H24N2O4/c24-20-23(12-11-22-13-15-26-16-14-22)21(25,18-9-5-2-6-10-18)19(27-20)17-7-3-1-4-8-17/h1-10,19,25H,11-16H2/p+1/t19-,21-/m1/s1. The van der Waals surface area contributed by atoms with Gasteiger partial charge in [-0.15, -0.1) is 0 Å². The maximum atomic E-state index is 12.7. The molecule has 0 bridgehead atoms. The van der Waals surface area contributed by atoms with Crippen molar-refractivity contribution in [2.24, 2.45) is 0 Å². The molecule has 0 unspecified atom stereocenters. The molecule has 27 heavy (non-hydrogen) atoms. The van der Waals surface area contributed by atoms with E-state index in [1.165, 1.54) is 9.80 Å². The number of carbonyl (C=O) groups is 1. The summed E-state index contributed by atoms with van der Waals surface area (Å²) in [7, 11) is 0. The Morgan fingerprint density at radius 3 is 2.33 bits per heavy atom. The lowest BCUT2D eigenvalue weighted by atomic mass is 9.91. The Morgan fingerprint density at radius 2 is 1.67 bits per heavy atom. The number of ether oxygens (including phenoxy) is 2. The first-order valence-corrected chi connectivity index (χ1v) is 9.42. The Hall–Kier alpha value is -2.41. The molecule has 0 aliphatic carbocycles. The van der Waals surface area contributed by atoms with Crippen LogP contribution in [0.2, 0.25) is 0 Å². The summed E-state index contributed by atoms with van der Waals surface area (Å²) in [4.78, 5) is 15.6. The monoisotopic (exact) mass is 369 g/mol. The van der Waals surface area contributed by atoms with Crippen molar-refractivity contribution in [1.82, 2.24) is 4.90 Å². The van der Waals surface area contributed by atoms with Crippen LogP contribution in [-0.2, 0) is 15.2 Å². The zero-order chi connectivity index (χ0) is 18.7. The second kappa shape index (κ2) is 7.68. The van der Waals surface area contributed by atoms with Gasteiger partial charge in [0.05, 0.1) is 26.3 Å². The Kier molecular flexibility index (Phi) is 5.11. The number of cyclic esters (lactones) is 1. The summed E-state index contributed by atoms with van der Waals surface area (Å²) in [6, 6.07) is 18.7. The molecule has 2 aliphatic heterocycles. The number of hydrogen-bond acceptors (Lipinski definition) is 4. The Balaban J connectivity index is 1.65. The van der Waals surface area contributed by atoms with Gasteiger partial charge < -0.3 is 19.5 Å². The van der Waals surface area contributed by atoms with Gasteiger partial charge in [-0.25, -0.2) is 4.79 Å². The van der Waals surface area contributed by atoms with Gasteiger partial charge in [-0.1, -0.05) is 60.7 Å². The number of carbonyl (C=O) groups excluding carboxylic acids is 1. The van der Waals surface area contributed by atoms with Crippen molar-refractivity contribution in [2.75, 3.05) is 39.4 Å². The molecule has 2 saturated heterocycles. The lowest BCUT2D eigenvalue weighted by molar-refractivity contribution is -0.907. The van der Waals surface area contributed by atoms with Gasteiger partial charge in [0.1, 0.15) is 13.1 Å². The van der Waals surface area contributed by atoms with Gasteiger partial charge in [0.15, 0.2) is 6.10 Å². The molecule has 2 N–H and O–H groups in total. The first-order chi connectivity index (χ1) is 13.2. The Labute approximate surface area is 158 Å². The summed E-state index contributed by atoms with van der Waals surface area (Å²) in [5, 5.41) is 11.8. The number of nitrogens with zero attached hydrogens (tertiary/aromatic N) is 1. The van der Waals surface area contributed by atoms with Gasteiger partial charge in [0.2, 0.25) is 5.72 Å². The SMILES string of the molecule is O=C1O[C@H](c2ccccc2)[C@](O)(c2ccccc2)N1CC[NH+]1CCOCC1. The van der Waals surface area contributed by atoms with Gasteiger partial charge in [0.25, 0.3) is 0 Å². The van der Waals surface area contributed by atoms with E-state index >= 15 is 0 Å². The normalized spacial score (nSPS) is 26.2. The molecular formula is C21H25N2O4+. The summed E-state index contributed by atoms with van der Waals surface area (Å²) in [6.07, 6.45) is -1.25. The number of benzene rings is 2. The number of aliphatic hydroxyl groups is 1. The van der Waals surface area contributed by atoms with Crippen molar-refractivity contribution in [2.45, 2.75) is 11.8 Å². The lowest BCUT2D eigenvalue weighted by Crippen LogP contribution is -3.14. The molecule has 6 heteroatoms. The van der Waals surface area contributed by atoms with E-state index in [0.29, 0.717) is 12.1 Å². The van der Waals surface area contributed by atoms with E-state index in [9.17, 15) is 9.90 Å². The minimum Gasteiger partial charge on any atom is -0.436 e. The minimum atomic E-state index is -1.54. The minimum absolute atomic E-state index is 0.420. The van der Waals surface area contributed by atoms with Gasteiger partial charge in [-0.3, -0.25) is 4.90 Å². The second-order valence-electron chi connectivity index (χ2n) is 7.03. The summed E-state index contributed by atoms with van der Waals surface area (Å²) < 4.78 is 11.1. The van der Waals surface area contributed by atoms with E-state index in [1.807, 2.05) is 60.7 Å². The Bertz CT molecular complexity index is 764. The third kappa shape index (κ3) is 3.43. The van der Waals surface area contributed by atoms with Crippen LogP contribution in [0, 0.1) is 0 Å². The lowest BCUT2D eigenvalue weighted by Gasteiger charge is -2.35. The number of hydrogen-bond donors (Lipinski definition) is 2. The van der Waals surface area contributed by atoms with Crippen LogP contribution >= 0.6 is 0 Å². The first-order valence-electron chi connectivity index (χ1n) is 9.42. The highest BCUT2D eigenvalue weighted by Crippen LogP contribution is 2.46. The maximum absolute atomic E-state index is 12.7. The van der Waals surface area contributed by atoms with Crippen LogP contribution in [0.3, 0.4) is 0 Å². The molecule has 1 amide bonds. The highest BCUT2D eigenvalue weighted by molar-refractivity contribution is 5.72. The van der Waals surface area contributed by atoms with Crippen LogP contribution in [0.1, 0.15) is 17.2 Å². The van der Waals surface area contributed by atoms with Crippen molar-refractivity contribution in [3.8, 4) is 0 Å². The predicted molar refractivity (Wildman–Crippen MR) is 99.1 cm³/mol. The number of quaternary nitrogens is 1. The number of rotatable bonds is 5. The van der Waals surface area contributed by atoms with Gasteiger partial charge >= 0.3 is 6.09 Å². The number of morpholine rings is 1. The van der Waals surface area contributed by atoms with Crippen LogP contribution in [0.15, 0.2) is 60.7 Å². The number of nitrogens with one attached hydrogen (secondary N) is 1. The summed E-state index contributed by atoms with van der Waals surface area (Å²) in [5.41, 5.74) is -0.106. The molecule has 2 aromatic rings. The van der Waals surface area contributed by atoms with E-state index in [-0.39, 0.29) is 0 Å². The molecule has 4 rings (SSSR count). The van der Waals surface area contributed by atoms with Crippen molar-refractivity contribution >= 4 is 6.09 Å². The molecule has 6 nitrogen and oxygen atoms in total. The molecule has 0 spiro atoms. The molecule has 2 fully saturated rings. The maximum Gasteiger partial charge on any atom is 0.413 e. The summed E-state index contributed by atoms with van der Waals surface area (Å²) >= 11 is 0. The van der Waals surface area contributed by atoms with Gasteiger partial charge in [-0.2, -0.15) is 0 Å². The molecule has 0 radical (unpaired) electrons. The van der Waals surface area contributed by atoms with E-state index in [2.05, 4.69) is 0 Å². The zero-order valence-corrected chi connectivity index (χ0v) is 15.2. The molecule has 2 aromatic carbocycles. The first kappa shape index (κ1) is 18.0. The molecule has 2 atom stereocenters. The van der Waals surface area contributed by atoms with Gasteiger partial charge in [0, 0.05) is 5.56 Å². The van der Waals surface area contributed by atoms with E-state index in [0.717, 1.165) is 38.4 Å². The van der Waals surface area contributed by atoms with Crippen LogP contribution in [0.5, 0.6) is 0 Å². The molecular weight excluding hydrogens is 344 g/mol. The highest BCUT2D eigenvalue weighted by atomic mass is 16.6. The van der Waals surface area contributed by atoms with Crippen molar-refractivity contribution in [3.05, 3.63) is 71.8 Å². The Morgan fingerprint density at radius 1 is 1.04 bits per heavy atom. The molecule has 2 aliphatic rings. The van der Waals surface area contributed by atoms with E-state index < -0.39 is 17.9 Å². The quantitative estimate of drug-likeness (QED) is 0.824. The molecule has 142 valence electrons. The van der Waals surface area contributed by atoms with Crippen molar-refractivity contribution < 1.29 is 24.3 Å². The fourth-order valence-corrected chi connectivity index (χ4v) is 3.89. The fourth-order valence-electron chi connectivity index (χ4n) is 3.89. The third-order valence-electron chi connectivity index (χ3n) is 5.41. The highest BCUT2D eigenvalue weighted by Gasteiger charge is 2.56. The second-order valence-corrected chi connectivity index (χ2v) is 7.03. The van der Waals surface area contributed by atoms with E-state index in [4.69, 9.17) is 9.47 Å². The molecule has 2 heterocycles. The predicted octanol–water partition coefficient (Wildman–Crippen LogP) is 0.940. The zero-order valence-electron chi connectivity index (χ0n) is 15.2. The smallest absolute Gasteiger partial charge is 0.413 e. The summed E-state index contributed by atoms with van der Waals surface area (Å²) in [5.74, 6) is 0. The average Bonchev–Trinajstić information content (AvgIpc) is 2.99. The van der Waals surface area contributed by atoms with Crippen LogP contribution in [0.4, 0.5) is 4.79 Å². The fraction of sp³-hybridized carbons (Fsp3) is 0.381. The largest absolute Gasteiger partial charge is 0.436 e. The van der Waals surface area contributed by atoms with Gasteiger partial charge in [-0.05, 0) is 5.56 Å². The van der Waals surface area contributed by atoms with Crippen LogP contribution < -0.4 is 4.90 Å². The molecule has 0 saturated carbocycles.